The first-order valence-corrected chi connectivity index (χ1v) is 20.2. The maximum absolute atomic E-state index is 12.6. The lowest BCUT2D eigenvalue weighted by atomic mass is 10.1. The second-order valence-corrected chi connectivity index (χ2v) is 15.1. The summed E-state index contributed by atoms with van der Waals surface area (Å²) in [6.45, 7) is 18.1. The molecular formula is C51H68O6. The first-order chi connectivity index (χ1) is 27.3. The van der Waals surface area contributed by atoms with Gasteiger partial charge in [0.25, 0.3) is 0 Å². The standard InChI is InChI=1S/C51H68O6/c1-38(2)15-11-17-40(5)19-13-21-42(7)31-33-56-48-29-25-44(35-50(48)54-9)23-27-46(52)37-47(53)28-24-45-26-30-49(51(36-45)55-10)57-34-32-43(8)22-14-20-41(6)18-12-16-39(3)4/h15-16,19-20,23-32,35-36H,11-14,17-18,21-22,33-34,37H2,1-10H3/b27-23+,28-24+,40-19+,41-20+,42-31+,43-32+. The lowest BCUT2D eigenvalue weighted by molar-refractivity contribution is -0.121. The molecule has 0 spiro atoms. The molecule has 0 aromatic heterocycles. The van der Waals surface area contributed by atoms with Crippen molar-refractivity contribution in [1.29, 1.82) is 0 Å². The van der Waals surface area contributed by atoms with E-state index >= 15 is 0 Å². The van der Waals surface area contributed by atoms with E-state index < -0.39 is 0 Å². The summed E-state index contributed by atoms with van der Waals surface area (Å²) in [5.41, 5.74) is 9.67. The summed E-state index contributed by atoms with van der Waals surface area (Å²) in [4.78, 5) is 25.3. The van der Waals surface area contributed by atoms with Gasteiger partial charge in [0.05, 0.1) is 20.6 Å². The fourth-order valence-corrected chi connectivity index (χ4v) is 5.71. The molecule has 0 heterocycles. The highest BCUT2D eigenvalue weighted by molar-refractivity contribution is 6.10. The second kappa shape index (κ2) is 27.5. The summed E-state index contributed by atoms with van der Waals surface area (Å²) in [6, 6.07) is 11.0. The van der Waals surface area contributed by atoms with Gasteiger partial charge >= 0.3 is 0 Å². The van der Waals surface area contributed by atoms with Crippen molar-refractivity contribution in [3.05, 3.63) is 130 Å². The first-order valence-electron chi connectivity index (χ1n) is 20.2. The molecule has 0 aliphatic heterocycles. The third kappa shape index (κ3) is 21.7. The van der Waals surface area contributed by atoms with Crippen LogP contribution in [0.4, 0.5) is 0 Å². The summed E-state index contributed by atoms with van der Waals surface area (Å²) in [5.74, 6) is 1.81. The zero-order valence-corrected chi connectivity index (χ0v) is 36.5. The quantitative estimate of drug-likeness (QED) is 0.0538. The number of methoxy groups -OCH3 is 2. The van der Waals surface area contributed by atoms with Crippen molar-refractivity contribution in [3.63, 3.8) is 0 Å². The smallest absolute Gasteiger partial charge is 0.163 e. The molecule has 2 aromatic carbocycles. The Labute approximate surface area is 344 Å². The minimum atomic E-state index is -0.294. The average molecular weight is 777 g/mol. The molecule has 0 fully saturated rings. The molecule has 2 aromatic rings. The van der Waals surface area contributed by atoms with Gasteiger partial charge < -0.3 is 18.9 Å². The summed E-state index contributed by atoms with van der Waals surface area (Å²) in [5, 5.41) is 0. The number of hydrogen-bond donors (Lipinski definition) is 0. The molecule has 0 saturated carbocycles. The molecule has 57 heavy (non-hydrogen) atoms. The molecule has 0 saturated heterocycles. The van der Waals surface area contributed by atoms with Gasteiger partial charge in [0.2, 0.25) is 0 Å². The molecule has 6 heteroatoms. The SMILES string of the molecule is COc1cc(/C=C/C(=O)CC(=O)/C=C/c2ccc(OC/C=C(\C)CC/C=C(\C)CCC=C(C)C)c(OC)c2)ccc1OC/C=C(\C)CC/C=C(\C)CCC=C(C)C. The Morgan fingerprint density at radius 1 is 0.474 bits per heavy atom. The van der Waals surface area contributed by atoms with Crippen molar-refractivity contribution in [2.75, 3.05) is 27.4 Å². The van der Waals surface area contributed by atoms with E-state index in [4.69, 9.17) is 18.9 Å². The summed E-state index contributed by atoms with van der Waals surface area (Å²) >= 11 is 0. The van der Waals surface area contributed by atoms with Crippen LogP contribution in [0, 0.1) is 0 Å². The van der Waals surface area contributed by atoms with E-state index in [-0.39, 0.29) is 18.0 Å². The molecule has 0 radical (unpaired) electrons. The number of carbonyl (C=O) groups is 2. The minimum absolute atomic E-state index is 0.239. The molecule has 2 rings (SSSR count). The third-order valence-corrected chi connectivity index (χ3v) is 9.23. The van der Waals surface area contributed by atoms with Crippen LogP contribution < -0.4 is 18.9 Å². The van der Waals surface area contributed by atoms with Crippen molar-refractivity contribution in [2.45, 2.75) is 113 Å². The summed E-state index contributed by atoms with van der Waals surface area (Å²) in [6.07, 6.45) is 27.8. The monoisotopic (exact) mass is 777 g/mol. The van der Waals surface area contributed by atoms with Gasteiger partial charge in [-0.05, 0) is 166 Å². The van der Waals surface area contributed by atoms with Crippen LogP contribution in [0.15, 0.2) is 118 Å². The molecule has 0 aliphatic rings. The predicted octanol–water partition coefficient (Wildman–Crippen LogP) is 13.6. The van der Waals surface area contributed by atoms with Gasteiger partial charge in [-0.25, -0.2) is 0 Å². The molecule has 0 atom stereocenters. The van der Waals surface area contributed by atoms with E-state index in [1.165, 1.54) is 45.6 Å². The lowest BCUT2D eigenvalue weighted by Gasteiger charge is -2.10. The van der Waals surface area contributed by atoms with E-state index in [0.29, 0.717) is 36.2 Å². The van der Waals surface area contributed by atoms with Crippen LogP contribution >= 0.6 is 0 Å². The van der Waals surface area contributed by atoms with E-state index in [9.17, 15) is 9.59 Å². The fourth-order valence-electron chi connectivity index (χ4n) is 5.71. The first kappa shape index (κ1) is 48.0. The summed E-state index contributed by atoms with van der Waals surface area (Å²) < 4.78 is 23.1. The van der Waals surface area contributed by atoms with Crippen molar-refractivity contribution in [3.8, 4) is 23.0 Å². The van der Waals surface area contributed by atoms with E-state index in [0.717, 1.165) is 62.5 Å². The van der Waals surface area contributed by atoms with Crippen molar-refractivity contribution < 1.29 is 28.5 Å². The second-order valence-electron chi connectivity index (χ2n) is 15.1. The van der Waals surface area contributed by atoms with Crippen molar-refractivity contribution >= 4 is 23.7 Å². The number of ketones is 2. The Morgan fingerprint density at radius 3 is 1.18 bits per heavy atom. The van der Waals surface area contributed by atoms with E-state index in [1.54, 1.807) is 26.4 Å². The van der Waals surface area contributed by atoms with Crippen LogP contribution in [0.25, 0.3) is 12.2 Å². The van der Waals surface area contributed by atoms with Crippen LogP contribution in [-0.2, 0) is 9.59 Å². The highest BCUT2D eigenvalue weighted by atomic mass is 16.5. The van der Waals surface area contributed by atoms with Crippen LogP contribution in [0.2, 0.25) is 0 Å². The van der Waals surface area contributed by atoms with Gasteiger partial charge in [0.15, 0.2) is 34.6 Å². The number of allylic oxidation sites excluding steroid dienone is 12. The Bertz CT molecular complexity index is 1700. The normalized spacial score (nSPS) is 12.5. The number of carbonyl (C=O) groups excluding carboxylic acids is 2. The minimum Gasteiger partial charge on any atom is -0.493 e. The molecule has 0 N–H and O–H groups in total. The highest BCUT2D eigenvalue weighted by Gasteiger charge is 2.08. The van der Waals surface area contributed by atoms with Crippen molar-refractivity contribution in [2.24, 2.45) is 0 Å². The molecular weight excluding hydrogens is 709 g/mol. The largest absolute Gasteiger partial charge is 0.493 e. The number of rotatable bonds is 26. The molecule has 0 aliphatic carbocycles. The lowest BCUT2D eigenvalue weighted by Crippen LogP contribution is -2.02. The van der Waals surface area contributed by atoms with Crippen LogP contribution in [0.3, 0.4) is 0 Å². The average Bonchev–Trinajstić information content (AvgIpc) is 3.16. The van der Waals surface area contributed by atoms with Gasteiger partial charge in [-0.15, -0.1) is 0 Å². The third-order valence-electron chi connectivity index (χ3n) is 9.23. The predicted molar refractivity (Wildman–Crippen MR) is 241 cm³/mol. The molecule has 0 unspecified atom stereocenters. The number of benzene rings is 2. The Kier molecular flexibility index (Phi) is 23.2. The van der Waals surface area contributed by atoms with Gasteiger partial charge in [-0.3, -0.25) is 9.59 Å². The number of hydrogen-bond acceptors (Lipinski definition) is 6. The van der Waals surface area contributed by atoms with Gasteiger partial charge in [-0.2, -0.15) is 0 Å². The molecule has 0 amide bonds. The maximum atomic E-state index is 12.6. The van der Waals surface area contributed by atoms with Gasteiger partial charge in [0.1, 0.15) is 13.2 Å². The Morgan fingerprint density at radius 2 is 0.825 bits per heavy atom. The van der Waals surface area contributed by atoms with Gasteiger partial charge in [-0.1, -0.05) is 82.0 Å². The molecule has 6 nitrogen and oxygen atoms in total. The fraction of sp³-hybridized carbons (Fsp3) is 0.412. The zero-order chi connectivity index (χ0) is 42.0. The van der Waals surface area contributed by atoms with Crippen molar-refractivity contribution in [1.82, 2.24) is 0 Å². The Balaban J connectivity index is 1.84. The highest BCUT2D eigenvalue weighted by Crippen LogP contribution is 2.30. The van der Waals surface area contributed by atoms with E-state index in [2.05, 4.69) is 91.8 Å². The molecule has 308 valence electrons. The van der Waals surface area contributed by atoms with Gasteiger partial charge in [0, 0.05) is 0 Å². The van der Waals surface area contributed by atoms with E-state index in [1.807, 2.05) is 36.4 Å². The Hall–Kier alpha value is -5.10. The molecule has 0 bridgehead atoms. The topological polar surface area (TPSA) is 71.1 Å². The number of ether oxygens (including phenoxy) is 4. The summed E-state index contributed by atoms with van der Waals surface area (Å²) in [7, 11) is 3.18. The van der Waals surface area contributed by atoms with Crippen LogP contribution in [0.1, 0.15) is 124 Å². The maximum Gasteiger partial charge on any atom is 0.163 e. The van der Waals surface area contributed by atoms with Crippen LogP contribution in [0.5, 0.6) is 23.0 Å². The zero-order valence-electron chi connectivity index (χ0n) is 36.5. The van der Waals surface area contributed by atoms with Crippen LogP contribution in [-0.4, -0.2) is 39.0 Å².